The van der Waals surface area contributed by atoms with E-state index in [-0.39, 0.29) is 5.91 Å². The summed E-state index contributed by atoms with van der Waals surface area (Å²) in [5.74, 6) is 0.0342. The Hall–Kier alpha value is -2.32. The summed E-state index contributed by atoms with van der Waals surface area (Å²) in [6, 6.07) is 6.05. The van der Waals surface area contributed by atoms with Gasteiger partial charge in [0.05, 0.1) is 5.69 Å². The van der Waals surface area contributed by atoms with E-state index in [0.29, 0.717) is 11.4 Å². The van der Waals surface area contributed by atoms with Gasteiger partial charge < -0.3 is 4.90 Å². The zero-order valence-corrected chi connectivity index (χ0v) is 13.8. The zero-order chi connectivity index (χ0) is 15.6. The summed E-state index contributed by atoms with van der Waals surface area (Å²) in [6.07, 6.45) is 4.54. The van der Waals surface area contributed by atoms with Crippen LogP contribution in [0.3, 0.4) is 0 Å². The lowest BCUT2D eigenvalue weighted by atomic mass is 10.1. The highest BCUT2D eigenvalue weighted by atomic mass is 32.1. The maximum atomic E-state index is 12.8. The van der Waals surface area contributed by atoms with Crippen molar-refractivity contribution in [3.8, 4) is 5.69 Å². The van der Waals surface area contributed by atoms with Crippen LogP contribution in [0.5, 0.6) is 0 Å². The molecule has 0 saturated heterocycles. The molecule has 4 rings (SSSR count). The minimum Gasteiger partial charge on any atom is -0.334 e. The maximum Gasteiger partial charge on any atom is 0.266 e. The van der Waals surface area contributed by atoms with Crippen molar-refractivity contribution >= 4 is 34.2 Å². The fourth-order valence-electron chi connectivity index (χ4n) is 2.60. The average molecular weight is 343 g/mol. The van der Waals surface area contributed by atoms with Crippen LogP contribution in [-0.4, -0.2) is 44.1 Å². The average Bonchev–Trinajstić information content (AvgIpc) is 3.35. The Labute approximate surface area is 140 Å². The van der Waals surface area contributed by atoms with E-state index < -0.39 is 0 Å². The van der Waals surface area contributed by atoms with Crippen molar-refractivity contribution in [1.29, 1.82) is 0 Å². The van der Waals surface area contributed by atoms with Gasteiger partial charge in [-0.05, 0) is 45.3 Å². The Morgan fingerprint density at radius 1 is 1.22 bits per heavy atom. The van der Waals surface area contributed by atoms with Gasteiger partial charge in [-0.2, -0.15) is 4.68 Å². The number of nitrogens with zero attached hydrogens (tertiary/aromatic N) is 5. The van der Waals surface area contributed by atoms with Crippen molar-refractivity contribution in [2.45, 2.75) is 6.42 Å². The lowest BCUT2D eigenvalue weighted by Crippen LogP contribution is -2.34. The summed E-state index contributed by atoms with van der Waals surface area (Å²) < 4.78 is 1.53. The van der Waals surface area contributed by atoms with Crippen LogP contribution < -0.4 is 0 Å². The number of carbonyl (C=O) groups excluding carboxylic acids is 1. The van der Waals surface area contributed by atoms with E-state index in [0.717, 1.165) is 18.7 Å². The number of carbonyl (C=O) groups is 1. The molecule has 0 saturated carbocycles. The first-order valence-corrected chi connectivity index (χ1v) is 8.92. The van der Waals surface area contributed by atoms with Gasteiger partial charge in [0.2, 0.25) is 0 Å². The summed E-state index contributed by atoms with van der Waals surface area (Å²) in [5.41, 5.74) is 2.06. The topological polar surface area (TPSA) is 63.9 Å². The standard InChI is InChI=1S/C15H13N5OS2/c21-15(14-12(5-9-23-14)20-10-16-17-18-20)19-6-3-11(4-7-19)13-2-1-8-22-13/h1-3,5,8-10H,4,6-7H2. The molecule has 0 atom stereocenters. The summed E-state index contributed by atoms with van der Waals surface area (Å²) in [6.45, 7) is 1.37. The molecule has 1 aliphatic rings. The first-order valence-electron chi connectivity index (χ1n) is 7.16. The van der Waals surface area contributed by atoms with Crippen molar-refractivity contribution in [3.05, 3.63) is 51.1 Å². The van der Waals surface area contributed by atoms with Crippen LogP contribution in [0.1, 0.15) is 21.0 Å². The predicted octanol–water partition coefficient (Wildman–Crippen LogP) is 2.71. The molecule has 0 unspecified atom stereocenters. The quantitative estimate of drug-likeness (QED) is 0.733. The summed E-state index contributed by atoms with van der Waals surface area (Å²) >= 11 is 3.16. The van der Waals surface area contributed by atoms with Crippen LogP contribution in [-0.2, 0) is 0 Å². The smallest absolute Gasteiger partial charge is 0.266 e. The van der Waals surface area contributed by atoms with Crippen molar-refractivity contribution in [1.82, 2.24) is 25.1 Å². The van der Waals surface area contributed by atoms with Gasteiger partial charge in [0.15, 0.2) is 0 Å². The molecule has 0 bridgehead atoms. The summed E-state index contributed by atoms with van der Waals surface area (Å²) in [7, 11) is 0. The van der Waals surface area contributed by atoms with Crippen LogP contribution in [0.4, 0.5) is 0 Å². The number of tetrazole rings is 1. The van der Waals surface area contributed by atoms with Gasteiger partial charge in [0.1, 0.15) is 11.2 Å². The molecule has 4 heterocycles. The first-order chi connectivity index (χ1) is 11.3. The Balaban J connectivity index is 1.54. The number of rotatable bonds is 3. The van der Waals surface area contributed by atoms with Crippen LogP contribution in [0.2, 0.25) is 0 Å². The molecule has 0 spiro atoms. The van der Waals surface area contributed by atoms with E-state index in [2.05, 4.69) is 39.1 Å². The second-order valence-electron chi connectivity index (χ2n) is 5.10. The Morgan fingerprint density at radius 2 is 2.17 bits per heavy atom. The Kier molecular flexibility index (Phi) is 3.76. The van der Waals surface area contributed by atoms with E-state index in [1.165, 1.54) is 32.8 Å². The van der Waals surface area contributed by atoms with E-state index in [1.807, 2.05) is 16.3 Å². The van der Waals surface area contributed by atoms with Crippen molar-refractivity contribution < 1.29 is 4.79 Å². The molecular weight excluding hydrogens is 330 g/mol. The zero-order valence-electron chi connectivity index (χ0n) is 12.1. The summed E-state index contributed by atoms with van der Waals surface area (Å²) in [4.78, 5) is 16.6. The number of amides is 1. The monoisotopic (exact) mass is 343 g/mol. The SMILES string of the molecule is O=C(c1sccc1-n1cnnn1)N1CC=C(c2cccs2)CC1. The first kappa shape index (κ1) is 14.3. The molecule has 116 valence electrons. The molecule has 0 N–H and O–H groups in total. The summed E-state index contributed by atoms with van der Waals surface area (Å²) in [5, 5.41) is 15.1. The Morgan fingerprint density at radius 3 is 2.87 bits per heavy atom. The minimum absolute atomic E-state index is 0.0342. The molecule has 6 nitrogen and oxygen atoms in total. The van der Waals surface area contributed by atoms with Crippen LogP contribution >= 0.6 is 22.7 Å². The van der Waals surface area contributed by atoms with Crippen molar-refractivity contribution in [3.63, 3.8) is 0 Å². The number of aromatic nitrogens is 4. The van der Waals surface area contributed by atoms with Gasteiger partial charge in [-0.15, -0.1) is 27.8 Å². The fourth-order valence-corrected chi connectivity index (χ4v) is 4.24. The third kappa shape index (κ3) is 2.71. The Bertz CT molecular complexity index is 835. The molecule has 3 aromatic heterocycles. The van der Waals surface area contributed by atoms with Gasteiger partial charge in [0.25, 0.3) is 5.91 Å². The van der Waals surface area contributed by atoms with Crippen molar-refractivity contribution in [2.24, 2.45) is 0 Å². The van der Waals surface area contributed by atoms with E-state index in [4.69, 9.17) is 0 Å². The van der Waals surface area contributed by atoms with Gasteiger partial charge >= 0.3 is 0 Å². The highest BCUT2D eigenvalue weighted by molar-refractivity contribution is 7.12. The number of thiophene rings is 2. The molecule has 8 heteroatoms. The van der Waals surface area contributed by atoms with Gasteiger partial charge in [0, 0.05) is 18.0 Å². The normalized spacial score (nSPS) is 14.8. The van der Waals surface area contributed by atoms with Crippen LogP contribution in [0, 0.1) is 0 Å². The van der Waals surface area contributed by atoms with Crippen LogP contribution in [0.25, 0.3) is 11.3 Å². The van der Waals surface area contributed by atoms with E-state index in [1.54, 1.807) is 11.3 Å². The van der Waals surface area contributed by atoms with Crippen molar-refractivity contribution in [2.75, 3.05) is 13.1 Å². The molecule has 0 fully saturated rings. The lowest BCUT2D eigenvalue weighted by Gasteiger charge is -2.26. The molecule has 3 aromatic rings. The van der Waals surface area contributed by atoms with Crippen LogP contribution in [0.15, 0.2) is 41.4 Å². The largest absolute Gasteiger partial charge is 0.334 e. The fraction of sp³-hybridized carbons (Fsp3) is 0.200. The van der Waals surface area contributed by atoms with E-state index in [9.17, 15) is 4.79 Å². The second kappa shape index (κ2) is 6.05. The number of hydrogen-bond donors (Lipinski definition) is 0. The number of hydrogen-bond acceptors (Lipinski definition) is 6. The van der Waals surface area contributed by atoms with Gasteiger partial charge in [-0.1, -0.05) is 12.1 Å². The van der Waals surface area contributed by atoms with Gasteiger partial charge in [-0.25, -0.2) is 0 Å². The highest BCUT2D eigenvalue weighted by Crippen LogP contribution is 2.28. The second-order valence-corrected chi connectivity index (χ2v) is 6.96. The lowest BCUT2D eigenvalue weighted by molar-refractivity contribution is 0.0777. The molecule has 23 heavy (non-hydrogen) atoms. The third-order valence-electron chi connectivity index (χ3n) is 3.77. The van der Waals surface area contributed by atoms with E-state index >= 15 is 0 Å². The highest BCUT2D eigenvalue weighted by Gasteiger charge is 2.23. The van der Waals surface area contributed by atoms with Gasteiger partial charge in [-0.3, -0.25) is 4.79 Å². The maximum absolute atomic E-state index is 12.8. The minimum atomic E-state index is 0.0342. The third-order valence-corrected chi connectivity index (χ3v) is 5.61. The molecule has 0 radical (unpaired) electrons. The predicted molar refractivity (Wildman–Crippen MR) is 89.8 cm³/mol. The molecule has 0 aliphatic carbocycles. The molecule has 0 aromatic carbocycles. The molecular formula is C15H13N5OS2. The molecule has 1 aliphatic heterocycles. The molecule has 1 amide bonds.